The number of halogens is 1. The van der Waals surface area contributed by atoms with Crippen molar-refractivity contribution in [1.82, 2.24) is 0 Å². The normalized spacial score (nSPS) is 14.8. The van der Waals surface area contributed by atoms with Crippen molar-refractivity contribution in [2.24, 2.45) is 0 Å². The van der Waals surface area contributed by atoms with E-state index in [4.69, 9.17) is 4.74 Å². The molecule has 0 saturated heterocycles. The largest absolute Gasteiger partial charge is 0.441 e. The Labute approximate surface area is 217 Å². The second-order valence-corrected chi connectivity index (χ2v) is 11.0. The van der Waals surface area contributed by atoms with Gasteiger partial charge in [0, 0.05) is 11.6 Å². The van der Waals surface area contributed by atoms with Gasteiger partial charge in [0.05, 0.1) is 16.0 Å². The lowest BCUT2D eigenvalue weighted by molar-refractivity contribution is -0.119. The smallest absolute Gasteiger partial charge is 0.412 e. The molecule has 1 N–H and O–H groups in total. The molecule has 1 unspecified atom stereocenters. The van der Waals surface area contributed by atoms with Gasteiger partial charge in [0.2, 0.25) is 0 Å². The highest BCUT2D eigenvalue weighted by atomic mass is 32.1. The maximum atomic E-state index is 14.2. The fourth-order valence-corrected chi connectivity index (χ4v) is 6.36. The number of thiophene rings is 2. The van der Waals surface area contributed by atoms with Gasteiger partial charge in [-0.05, 0) is 72.2 Å². The van der Waals surface area contributed by atoms with Crippen LogP contribution in [0.3, 0.4) is 0 Å². The number of nitrogens with one attached hydrogen (secondary N) is 1. The summed E-state index contributed by atoms with van der Waals surface area (Å²) in [6, 6.07) is 17.3. The molecule has 1 atom stereocenters. The summed E-state index contributed by atoms with van der Waals surface area (Å²) in [5, 5.41) is 6.29. The predicted molar refractivity (Wildman–Crippen MR) is 144 cm³/mol. The first-order chi connectivity index (χ1) is 17.3. The Morgan fingerprint density at radius 2 is 1.61 bits per heavy atom. The van der Waals surface area contributed by atoms with Gasteiger partial charge in [-0.3, -0.25) is 10.1 Å². The quantitative estimate of drug-likeness (QED) is 0.266. The number of hydrogen-bond acceptors (Lipinski definition) is 5. The third kappa shape index (κ3) is 4.73. The first kappa shape index (κ1) is 24.4. The van der Waals surface area contributed by atoms with Gasteiger partial charge in [-0.1, -0.05) is 48.5 Å². The van der Waals surface area contributed by atoms with Crippen LogP contribution in [0, 0.1) is 12.1 Å². The van der Waals surface area contributed by atoms with Crippen LogP contribution in [0.15, 0.2) is 65.4 Å². The zero-order chi connectivity index (χ0) is 25.4. The average Bonchev–Trinajstić information content (AvgIpc) is 3.45. The maximum absolute atomic E-state index is 14.2. The Bertz CT molecular complexity index is 1420. The Kier molecular flexibility index (Phi) is 6.53. The van der Waals surface area contributed by atoms with E-state index in [1.54, 1.807) is 18.3 Å². The van der Waals surface area contributed by atoms with E-state index in [9.17, 15) is 14.0 Å². The van der Waals surface area contributed by atoms with Crippen LogP contribution < -0.4 is 5.32 Å². The van der Waals surface area contributed by atoms with Crippen LogP contribution in [0.4, 0.5) is 14.9 Å². The predicted octanol–water partition coefficient (Wildman–Crippen LogP) is 8.52. The number of carbonyl (C=O) groups excluding carboxylic acids is 2. The minimum atomic E-state index is -0.622. The number of ether oxygens (including phenoxy) is 1. The van der Waals surface area contributed by atoms with Crippen LogP contribution in [0.25, 0.3) is 21.6 Å². The van der Waals surface area contributed by atoms with Crippen LogP contribution in [-0.2, 0) is 14.9 Å². The van der Waals surface area contributed by atoms with E-state index in [-0.39, 0.29) is 16.3 Å². The van der Waals surface area contributed by atoms with Gasteiger partial charge in [-0.25, -0.2) is 4.79 Å². The van der Waals surface area contributed by atoms with Gasteiger partial charge in [0.25, 0.3) is 0 Å². The summed E-state index contributed by atoms with van der Waals surface area (Å²) in [7, 11) is 0. The van der Waals surface area contributed by atoms with Crippen molar-refractivity contribution in [3.05, 3.63) is 87.2 Å². The Balaban J connectivity index is 1.30. The molecule has 1 fully saturated rings. The molecule has 0 aliphatic heterocycles. The van der Waals surface area contributed by atoms with Crippen molar-refractivity contribution in [2.45, 2.75) is 45.1 Å². The fraction of sp³-hybridized carbons (Fsp3) is 0.241. The molecule has 1 amide bonds. The number of amides is 1. The molecule has 4 nitrogen and oxygen atoms in total. The minimum Gasteiger partial charge on any atom is -0.441 e. The van der Waals surface area contributed by atoms with Crippen LogP contribution in [0.5, 0.6) is 0 Å². The summed E-state index contributed by atoms with van der Waals surface area (Å²) < 4.78 is 19.7. The first-order valence-corrected chi connectivity index (χ1v) is 13.5. The minimum absolute atomic E-state index is 0.229. The fourth-order valence-electron chi connectivity index (χ4n) is 4.58. The molecule has 184 valence electrons. The van der Waals surface area contributed by atoms with Crippen molar-refractivity contribution in [2.75, 3.05) is 5.32 Å². The molecule has 1 aliphatic rings. The van der Waals surface area contributed by atoms with Crippen molar-refractivity contribution in [1.29, 1.82) is 0 Å². The van der Waals surface area contributed by atoms with E-state index >= 15 is 0 Å². The molecule has 36 heavy (non-hydrogen) atoms. The molecule has 7 heteroatoms. The molecule has 5 rings (SSSR count). The number of hydrogen-bond donors (Lipinski definition) is 1. The van der Waals surface area contributed by atoms with Gasteiger partial charge in [0.15, 0.2) is 5.13 Å². The lowest BCUT2D eigenvalue weighted by atomic mass is 9.90. The number of carbonyl (C=O) groups is 2. The van der Waals surface area contributed by atoms with E-state index in [2.05, 4.69) is 5.32 Å². The van der Waals surface area contributed by atoms with Gasteiger partial charge in [0.1, 0.15) is 11.9 Å². The Morgan fingerprint density at radius 3 is 2.17 bits per heavy atom. The van der Waals surface area contributed by atoms with E-state index < -0.39 is 12.2 Å². The number of aryl methyl sites for hydroxylation is 1. The van der Waals surface area contributed by atoms with E-state index in [0.717, 1.165) is 57.6 Å². The zero-order valence-electron chi connectivity index (χ0n) is 20.3. The van der Waals surface area contributed by atoms with Gasteiger partial charge >= 0.3 is 6.09 Å². The summed E-state index contributed by atoms with van der Waals surface area (Å²) in [6.45, 7) is 5.46. The molecule has 1 aliphatic carbocycles. The number of benzene rings is 2. The summed E-state index contributed by atoms with van der Waals surface area (Å²) >= 11 is 2.54. The Hall–Kier alpha value is -3.29. The van der Waals surface area contributed by atoms with Crippen molar-refractivity contribution in [3.8, 4) is 21.6 Å². The lowest BCUT2D eigenvalue weighted by Gasteiger charge is -2.14. The molecule has 1 saturated carbocycles. The second kappa shape index (κ2) is 9.64. The maximum Gasteiger partial charge on any atom is 0.412 e. The standard InChI is InChI=1S/C29H26FNO3S2/c1-17-15-35-16-24(17)18(2)34-28(33)31-25-14-26(30)36-27(25)22-6-4-20(5-7-22)21-8-10-23(11-9-21)29(12-13-29)19(3)32/h4-11,14-16,18H,12-13H2,1-3H3,(H,31,33). The number of anilines is 1. The van der Waals surface area contributed by atoms with Crippen LogP contribution >= 0.6 is 22.7 Å². The van der Waals surface area contributed by atoms with Crippen molar-refractivity contribution < 1.29 is 18.7 Å². The summed E-state index contributed by atoms with van der Waals surface area (Å²) in [4.78, 5) is 25.2. The molecule has 2 aromatic carbocycles. The van der Waals surface area contributed by atoms with E-state index in [1.807, 2.05) is 73.1 Å². The van der Waals surface area contributed by atoms with E-state index in [1.165, 1.54) is 6.07 Å². The number of ketones is 1. The van der Waals surface area contributed by atoms with Crippen molar-refractivity contribution >= 4 is 40.2 Å². The van der Waals surface area contributed by atoms with Crippen molar-refractivity contribution in [3.63, 3.8) is 0 Å². The van der Waals surface area contributed by atoms with Gasteiger partial charge in [-0.2, -0.15) is 15.7 Å². The topological polar surface area (TPSA) is 55.4 Å². The average molecular weight is 520 g/mol. The summed E-state index contributed by atoms with van der Waals surface area (Å²) in [6.07, 6.45) is 0.816. The number of rotatable bonds is 7. The summed E-state index contributed by atoms with van der Waals surface area (Å²) in [5.74, 6) is 0.229. The first-order valence-electron chi connectivity index (χ1n) is 11.8. The monoisotopic (exact) mass is 519 g/mol. The van der Waals surface area contributed by atoms with Crippen LogP contribution in [0.2, 0.25) is 0 Å². The molecule has 2 aromatic heterocycles. The molecule has 0 radical (unpaired) electrons. The molecule has 0 spiro atoms. The zero-order valence-corrected chi connectivity index (χ0v) is 21.9. The summed E-state index contributed by atoms with van der Waals surface area (Å²) in [5.41, 5.74) is 6.08. The Morgan fingerprint density at radius 1 is 1.00 bits per heavy atom. The highest BCUT2D eigenvalue weighted by Crippen LogP contribution is 2.49. The lowest BCUT2D eigenvalue weighted by Crippen LogP contribution is -2.16. The molecular weight excluding hydrogens is 493 g/mol. The molecular formula is C29H26FNO3S2. The third-order valence-corrected chi connectivity index (χ3v) is 8.75. The molecule has 2 heterocycles. The highest BCUT2D eigenvalue weighted by Gasteiger charge is 2.48. The molecule has 4 aromatic rings. The highest BCUT2D eigenvalue weighted by molar-refractivity contribution is 7.14. The van der Waals surface area contributed by atoms with Gasteiger partial charge < -0.3 is 4.74 Å². The van der Waals surface area contributed by atoms with Crippen LogP contribution in [-0.4, -0.2) is 11.9 Å². The second-order valence-electron chi connectivity index (χ2n) is 9.27. The SMILES string of the molecule is CC(=O)C1(c2ccc(-c3ccc(-c4sc(F)cc4NC(=O)OC(C)c4cscc4C)cc3)cc2)CC1. The van der Waals surface area contributed by atoms with E-state index in [0.29, 0.717) is 10.6 Å². The van der Waals surface area contributed by atoms with Gasteiger partial charge in [-0.15, -0.1) is 11.3 Å². The third-order valence-electron chi connectivity index (χ3n) is 6.90. The van der Waals surface area contributed by atoms with Crippen LogP contribution in [0.1, 0.15) is 49.5 Å². The number of Topliss-reactive ketones (excluding diaryl/α,β-unsaturated/α-hetero) is 1. The molecule has 0 bridgehead atoms.